The van der Waals surface area contributed by atoms with E-state index in [0.717, 1.165) is 12.2 Å². The van der Waals surface area contributed by atoms with E-state index in [2.05, 4.69) is 0 Å². The Kier molecular flexibility index (Phi) is 6.20. The van der Waals surface area contributed by atoms with Crippen molar-refractivity contribution in [3.63, 3.8) is 0 Å². The van der Waals surface area contributed by atoms with Gasteiger partial charge in [0.2, 0.25) is 11.5 Å². The summed E-state index contributed by atoms with van der Waals surface area (Å²) < 4.78 is 32.8. The average Bonchev–Trinajstić information content (AvgIpc) is 2.48. The van der Waals surface area contributed by atoms with Gasteiger partial charge in [0.1, 0.15) is 16.7 Å². The lowest BCUT2D eigenvalue weighted by Gasteiger charge is -2.04. The highest BCUT2D eigenvalue weighted by Crippen LogP contribution is 2.04. The van der Waals surface area contributed by atoms with Gasteiger partial charge in [0.05, 0.1) is 4.90 Å². The van der Waals surface area contributed by atoms with E-state index >= 15 is 0 Å². The summed E-state index contributed by atoms with van der Waals surface area (Å²) in [5.41, 5.74) is 0.773. The van der Waals surface area contributed by atoms with E-state index in [9.17, 15) is 17.8 Å². The molecule has 0 spiro atoms. The van der Waals surface area contributed by atoms with Crippen LogP contribution in [0.3, 0.4) is 0 Å². The fourth-order valence-electron chi connectivity index (χ4n) is 1.66. The number of nitrogens with zero attached hydrogens (tertiary/aromatic N) is 1. The number of pyridine rings is 1. The second kappa shape index (κ2) is 7.66. The molecule has 21 heavy (non-hydrogen) atoms. The standard InChI is InChI=1S/C9H12NO.C6H6O3S/c1-3-10-7-5-4-6-9(10)8(2)11;7-10(8,9)6-4-2-1-3-5-6/h4-7H,3H2,1-2H3;1-5H,(H,7,8,9)/q+1;/p-1. The number of ketones is 1. The lowest BCUT2D eigenvalue weighted by atomic mass is 10.2. The maximum absolute atomic E-state index is 11.0. The molecular formula is C15H17NO4S. The van der Waals surface area contributed by atoms with Gasteiger partial charge in [0, 0.05) is 19.1 Å². The molecule has 6 heteroatoms. The van der Waals surface area contributed by atoms with E-state index in [4.69, 9.17) is 0 Å². The zero-order valence-electron chi connectivity index (χ0n) is 11.9. The smallest absolute Gasteiger partial charge is 0.248 e. The molecule has 0 amide bonds. The summed E-state index contributed by atoms with van der Waals surface area (Å²) in [5, 5.41) is 0. The van der Waals surface area contributed by atoms with Crippen LogP contribution in [0.15, 0.2) is 59.6 Å². The maximum Gasteiger partial charge on any atom is 0.248 e. The predicted octanol–water partition coefficient (Wildman–Crippen LogP) is 1.79. The second-order valence-electron chi connectivity index (χ2n) is 4.20. The molecule has 2 rings (SSSR count). The SMILES string of the molecule is CC[n+]1ccccc1C(C)=O.O=S(=O)([O-])c1ccccc1. The van der Waals surface area contributed by atoms with Crippen molar-refractivity contribution >= 4 is 15.9 Å². The summed E-state index contributed by atoms with van der Waals surface area (Å²) in [6.45, 7) is 4.45. The highest BCUT2D eigenvalue weighted by molar-refractivity contribution is 7.85. The largest absolute Gasteiger partial charge is 0.744 e. The molecule has 0 fully saturated rings. The number of benzene rings is 1. The van der Waals surface area contributed by atoms with Crippen LogP contribution >= 0.6 is 0 Å². The maximum atomic E-state index is 11.0. The summed E-state index contributed by atoms with van der Waals surface area (Å²) in [6.07, 6.45) is 1.91. The van der Waals surface area contributed by atoms with Crippen molar-refractivity contribution in [3.05, 3.63) is 60.4 Å². The Labute approximate surface area is 124 Å². The third kappa shape index (κ3) is 5.45. The zero-order chi connectivity index (χ0) is 15.9. The van der Waals surface area contributed by atoms with Crippen LogP contribution in [0.1, 0.15) is 24.3 Å². The molecule has 2 aromatic rings. The molecule has 0 N–H and O–H groups in total. The van der Waals surface area contributed by atoms with Gasteiger partial charge in [-0.3, -0.25) is 4.79 Å². The highest BCUT2D eigenvalue weighted by Gasteiger charge is 2.10. The summed E-state index contributed by atoms with van der Waals surface area (Å²) >= 11 is 0. The summed E-state index contributed by atoms with van der Waals surface area (Å²) in [4.78, 5) is 10.8. The molecule has 0 radical (unpaired) electrons. The molecule has 0 aliphatic heterocycles. The highest BCUT2D eigenvalue weighted by atomic mass is 32.2. The molecule has 112 valence electrons. The first-order chi connectivity index (χ1) is 9.86. The average molecular weight is 307 g/mol. The summed E-state index contributed by atoms with van der Waals surface area (Å²) in [6, 6.07) is 12.8. The number of aryl methyl sites for hydroxylation is 1. The Bertz CT molecular complexity index is 697. The summed E-state index contributed by atoms with van der Waals surface area (Å²) in [5.74, 6) is 0.118. The minimum Gasteiger partial charge on any atom is -0.744 e. The molecular weight excluding hydrogens is 290 g/mol. The number of carbonyl (C=O) groups excluding carboxylic acids is 1. The Morgan fingerprint density at radius 3 is 2.05 bits per heavy atom. The first-order valence-corrected chi connectivity index (χ1v) is 7.77. The molecule has 0 aliphatic carbocycles. The van der Waals surface area contributed by atoms with Crippen molar-refractivity contribution in [2.75, 3.05) is 0 Å². The number of rotatable bonds is 3. The van der Waals surface area contributed by atoms with Gasteiger partial charge in [0.15, 0.2) is 6.20 Å². The molecule has 1 aromatic carbocycles. The molecule has 1 aromatic heterocycles. The van der Waals surface area contributed by atoms with Crippen molar-refractivity contribution in [1.29, 1.82) is 0 Å². The Morgan fingerprint density at radius 1 is 1.10 bits per heavy atom. The number of aromatic nitrogens is 1. The molecule has 0 atom stereocenters. The van der Waals surface area contributed by atoms with Gasteiger partial charge in [-0.25, -0.2) is 8.42 Å². The lowest BCUT2D eigenvalue weighted by molar-refractivity contribution is -0.695. The Balaban J connectivity index is 0.000000211. The van der Waals surface area contributed by atoms with Gasteiger partial charge in [-0.05, 0) is 25.1 Å². The molecule has 0 bridgehead atoms. The van der Waals surface area contributed by atoms with Crippen molar-refractivity contribution in [2.24, 2.45) is 0 Å². The topological polar surface area (TPSA) is 78.1 Å². The lowest BCUT2D eigenvalue weighted by Crippen LogP contribution is -2.38. The first-order valence-electron chi connectivity index (χ1n) is 6.36. The van der Waals surface area contributed by atoms with Crippen LogP contribution in [0.2, 0.25) is 0 Å². The fourth-order valence-corrected chi connectivity index (χ4v) is 2.15. The van der Waals surface area contributed by atoms with Gasteiger partial charge in [-0.1, -0.05) is 18.2 Å². The monoisotopic (exact) mass is 307 g/mol. The minimum absolute atomic E-state index is 0.118. The molecule has 1 heterocycles. The normalized spacial score (nSPS) is 10.4. The van der Waals surface area contributed by atoms with Crippen LogP contribution in [-0.2, 0) is 16.7 Å². The minimum atomic E-state index is -4.25. The Hall–Kier alpha value is -2.05. The van der Waals surface area contributed by atoms with Gasteiger partial charge in [0.25, 0.3) is 0 Å². The third-order valence-corrected chi connectivity index (χ3v) is 3.52. The molecule has 0 saturated carbocycles. The van der Waals surface area contributed by atoms with Crippen molar-refractivity contribution in [3.8, 4) is 0 Å². The molecule has 0 saturated heterocycles. The number of Topliss-reactive ketones (excluding diaryl/α,β-unsaturated/α-hetero) is 1. The van der Waals surface area contributed by atoms with Crippen molar-refractivity contribution in [2.45, 2.75) is 25.3 Å². The predicted molar refractivity (Wildman–Crippen MR) is 76.7 cm³/mol. The van der Waals surface area contributed by atoms with E-state index in [1.807, 2.05) is 35.9 Å². The Morgan fingerprint density at radius 2 is 1.67 bits per heavy atom. The van der Waals surface area contributed by atoms with Gasteiger partial charge in [-0.2, -0.15) is 4.57 Å². The van der Waals surface area contributed by atoms with Crippen molar-refractivity contribution < 1.29 is 22.3 Å². The van der Waals surface area contributed by atoms with E-state index in [0.29, 0.717) is 0 Å². The first kappa shape index (κ1) is 17.0. The van der Waals surface area contributed by atoms with E-state index < -0.39 is 10.1 Å². The van der Waals surface area contributed by atoms with Gasteiger partial charge < -0.3 is 4.55 Å². The fraction of sp³-hybridized carbons (Fsp3) is 0.200. The van der Waals surface area contributed by atoms with Crippen LogP contribution in [0.5, 0.6) is 0 Å². The molecule has 0 unspecified atom stereocenters. The van der Waals surface area contributed by atoms with E-state index in [1.54, 1.807) is 13.0 Å². The van der Waals surface area contributed by atoms with Crippen LogP contribution in [-0.4, -0.2) is 18.8 Å². The van der Waals surface area contributed by atoms with Crippen LogP contribution in [0.25, 0.3) is 0 Å². The van der Waals surface area contributed by atoms with Crippen LogP contribution in [0.4, 0.5) is 0 Å². The van der Waals surface area contributed by atoms with E-state index in [1.165, 1.54) is 24.3 Å². The molecule has 5 nitrogen and oxygen atoms in total. The number of hydrogen-bond acceptors (Lipinski definition) is 4. The number of carbonyl (C=O) groups is 1. The second-order valence-corrected chi connectivity index (χ2v) is 5.57. The van der Waals surface area contributed by atoms with Crippen molar-refractivity contribution in [1.82, 2.24) is 0 Å². The molecule has 0 aliphatic rings. The van der Waals surface area contributed by atoms with Gasteiger partial charge >= 0.3 is 0 Å². The van der Waals surface area contributed by atoms with Crippen LogP contribution < -0.4 is 4.57 Å². The number of hydrogen-bond donors (Lipinski definition) is 0. The van der Waals surface area contributed by atoms with Crippen LogP contribution in [0, 0.1) is 0 Å². The quantitative estimate of drug-likeness (QED) is 0.492. The summed E-state index contributed by atoms with van der Waals surface area (Å²) in [7, 11) is -4.25. The van der Waals surface area contributed by atoms with Gasteiger partial charge in [-0.15, -0.1) is 0 Å². The zero-order valence-corrected chi connectivity index (χ0v) is 12.7. The van der Waals surface area contributed by atoms with E-state index in [-0.39, 0.29) is 10.7 Å². The third-order valence-electron chi connectivity index (χ3n) is 2.67.